The smallest absolute Gasteiger partial charge is 0.226 e. The molecule has 1 aromatic heterocycles. The second-order valence-electron chi connectivity index (χ2n) is 5.67. The lowest BCUT2D eigenvalue weighted by atomic mass is 10.1. The number of hydrogen-bond donors (Lipinski definition) is 0. The van der Waals surface area contributed by atoms with Gasteiger partial charge in [-0.2, -0.15) is 16.7 Å². The number of ether oxygens (including phenoxy) is 1. The van der Waals surface area contributed by atoms with E-state index in [4.69, 9.17) is 9.26 Å². The summed E-state index contributed by atoms with van der Waals surface area (Å²) in [6.07, 6.45) is 2.98. The summed E-state index contributed by atoms with van der Waals surface area (Å²) in [5.74, 6) is 3.07. The number of hydrogen-bond acceptors (Lipinski definition) is 5. The van der Waals surface area contributed by atoms with Crippen LogP contribution < -0.4 is 0 Å². The number of rotatable bonds is 5. The summed E-state index contributed by atoms with van der Waals surface area (Å²) in [5, 5.41) is 4.05. The quantitative estimate of drug-likeness (QED) is 0.770. The summed E-state index contributed by atoms with van der Waals surface area (Å²) in [6.45, 7) is 8.27. The Morgan fingerprint density at radius 1 is 1.39 bits per heavy atom. The van der Waals surface area contributed by atoms with Gasteiger partial charge in [-0.3, -0.25) is 0 Å². The Morgan fingerprint density at radius 2 is 2.22 bits per heavy atom. The molecule has 1 saturated heterocycles. The third-order valence-corrected chi connectivity index (χ3v) is 4.21. The Labute approximate surface area is 113 Å². The van der Waals surface area contributed by atoms with E-state index in [0.717, 1.165) is 49.9 Å². The number of aryl methyl sites for hydroxylation is 1. The largest absolute Gasteiger partial charge is 0.381 e. The van der Waals surface area contributed by atoms with Crippen molar-refractivity contribution in [1.82, 2.24) is 10.1 Å². The molecule has 1 aromatic rings. The summed E-state index contributed by atoms with van der Waals surface area (Å²) in [6, 6.07) is 0. The molecule has 0 radical (unpaired) electrons. The maximum absolute atomic E-state index is 5.33. The Kier molecular flexibility index (Phi) is 4.67. The molecule has 0 amide bonds. The lowest BCUT2D eigenvalue weighted by molar-refractivity contribution is 0.192. The summed E-state index contributed by atoms with van der Waals surface area (Å²) in [7, 11) is 0. The maximum Gasteiger partial charge on any atom is 0.226 e. The van der Waals surface area contributed by atoms with E-state index in [1.807, 2.05) is 11.8 Å². The molecule has 1 fully saturated rings. The van der Waals surface area contributed by atoms with Gasteiger partial charge in [0.15, 0.2) is 5.82 Å². The molecule has 1 aliphatic heterocycles. The van der Waals surface area contributed by atoms with Crippen molar-refractivity contribution >= 4 is 11.8 Å². The van der Waals surface area contributed by atoms with Crippen molar-refractivity contribution in [2.45, 2.75) is 50.7 Å². The topological polar surface area (TPSA) is 48.2 Å². The average molecular weight is 270 g/mol. The van der Waals surface area contributed by atoms with Crippen LogP contribution in [0.2, 0.25) is 0 Å². The highest BCUT2D eigenvalue weighted by atomic mass is 32.2. The molecule has 2 rings (SSSR count). The van der Waals surface area contributed by atoms with Gasteiger partial charge >= 0.3 is 0 Å². The molecule has 0 spiro atoms. The summed E-state index contributed by atoms with van der Waals surface area (Å²) >= 11 is 1.98. The van der Waals surface area contributed by atoms with Crippen molar-refractivity contribution in [1.29, 1.82) is 0 Å². The van der Waals surface area contributed by atoms with Crippen LogP contribution >= 0.6 is 11.8 Å². The lowest BCUT2D eigenvalue weighted by Crippen LogP contribution is -2.08. The van der Waals surface area contributed by atoms with Gasteiger partial charge in [0.25, 0.3) is 0 Å². The van der Waals surface area contributed by atoms with E-state index < -0.39 is 0 Å². The monoisotopic (exact) mass is 270 g/mol. The Morgan fingerprint density at radius 3 is 2.89 bits per heavy atom. The predicted molar refractivity (Wildman–Crippen MR) is 73.0 cm³/mol. The van der Waals surface area contributed by atoms with E-state index in [2.05, 4.69) is 30.9 Å². The van der Waals surface area contributed by atoms with Gasteiger partial charge in [0.05, 0.1) is 6.61 Å². The molecule has 0 aliphatic carbocycles. The van der Waals surface area contributed by atoms with E-state index in [1.54, 1.807) is 0 Å². The Bertz CT molecular complexity index is 367. The van der Waals surface area contributed by atoms with Gasteiger partial charge in [0.2, 0.25) is 5.89 Å². The fourth-order valence-electron chi connectivity index (χ4n) is 1.88. The first kappa shape index (κ1) is 13.9. The van der Waals surface area contributed by atoms with E-state index in [9.17, 15) is 0 Å². The summed E-state index contributed by atoms with van der Waals surface area (Å²) in [4.78, 5) is 4.46. The standard InChI is InChI=1S/C13H22N2O2S/c1-13(2,3)18-8-4-5-11-14-12(15-17-11)10-6-7-16-9-10/h10H,4-9H2,1-3H3. The van der Waals surface area contributed by atoms with Crippen LogP contribution in [-0.2, 0) is 11.2 Å². The van der Waals surface area contributed by atoms with Gasteiger partial charge in [-0.15, -0.1) is 0 Å². The molecular formula is C13H22N2O2S. The maximum atomic E-state index is 5.33. The third kappa shape index (κ3) is 4.28. The van der Waals surface area contributed by atoms with Gasteiger partial charge in [-0.05, 0) is 18.6 Å². The van der Waals surface area contributed by atoms with Crippen LogP contribution in [0.15, 0.2) is 4.52 Å². The van der Waals surface area contributed by atoms with Crippen LogP contribution in [0.3, 0.4) is 0 Å². The van der Waals surface area contributed by atoms with Crippen molar-refractivity contribution in [3.63, 3.8) is 0 Å². The van der Waals surface area contributed by atoms with Crippen LogP contribution in [0.1, 0.15) is 51.2 Å². The highest BCUT2D eigenvalue weighted by Crippen LogP contribution is 2.25. The van der Waals surface area contributed by atoms with Crippen molar-refractivity contribution in [3.05, 3.63) is 11.7 Å². The molecule has 0 bridgehead atoms. The molecule has 1 atom stereocenters. The van der Waals surface area contributed by atoms with E-state index in [0.29, 0.717) is 10.7 Å². The van der Waals surface area contributed by atoms with Crippen LogP contribution in [0, 0.1) is 0 Å². The van der Waals surface area contributed by atoms with Crippen LogP contribution in [0.5, 0.6) is 0 Å². The second-order valence-corrected chi connectivity index (χ2v) is 7.59. The van der Waals surface area contributed by atoms with Crippen molar-refractivity contribution in [2.75, 3.05) is 19.0 Å². The molecule has 1 aliphatic rings. The molecule has 5 heteroatoms. The highest BCUT2D eigenvalue weighted by Gasteiger charge is 2.22. The Hall–Kier alpha value is -0.550. The molecular weight excluding hydrogens is 248 g/mol. The molecule has 0 saturated carbocycles. The zero-order chi connectivity index (χ0) is 13.0. The van der Waals surface area contributed by atoms with Crippen molar-refractivity contribution < 1.29 is 9.26 Å². The molecule has 18 heavy (non-hydrogen) atoms. The highest BCUT2D eigenvalue weighted by molar-refractivity contribution is 8.00. The fraction of sp³-hybridized carbons (Fsp3) is 0.846. The van der Waals surface area contributed by atoms with E-state index >= 15 is 0 Å². The minimum atomic E-state index is 0.335. The van der Waals surface area contributed by atoms with Crippen LogP contribution in [0.4, 0.5) is 0 Å². The molecule has 102 valence electrons. The predicted octanol–water partition coefficient (Wildman–Crippen LogP) is 3.04. The first-order valence-electron chi connectivity index (χ1n) is 6.59. The zero-order valence-corrected chi connectivity index (χ0v) is 12.3. The number of thioether (sulfide) groups is 1. The van der Waals surface area contributed by atoms with Gasteiger partial charge < -0.3 is 9.26 Å². The van der Waals surface area contributed by atoms with E-state index in [-0.39, 0.29) is 0 Å². The van der Waals surface area contributed by atoms with Gasteiger partial charge in [-0.1, -0.05) is 25.9 Å². The minimum absolute atomic E-state index is 0.335. The summed E-state index contributed by atoms with van der Waals surface area (Å²) < 4.78 is 10.9. The lowest BCUT2D eigenvalue weighted by Gasteiger charge is -2.16. The zero-order valence-electron chi connectivity index (χ0n) is 11.4. The van der Waals surface area contributed by atoms with Crippen molar-refractivity contribution in [2.24, 2.45) is 0 Å². The van der Waals surface area contributed by atoms with Crippen LogP contribution in [-0.4, -0.2) is 33.9 Å². The molecule has 4 nitrogen and oxygen atoms in total. The summed E-state index contributed by atoms with van der Waals surface area (Å²) in [5.41, 5.74) is 0. The average Bonchev–Trinajstić information content (AvgIpc) is 2.93. The van der Waals surface area contributed by atoms with Gasteiger partial charge in [0, 0.05) is 23.7 Å². The molecule has 2 heterocycles. The normalized spacial score (nSPS) is 20.5. The Balaban J connectivity index is 1.73. The van der Waals surface area contributed by atoms with E-state index in [1.165, 1.54) is 0 Å². The third-order valence-electron chi connectivity index (χ3n) is 2.85. The van der Waals surface area contributed by atoms with Crippen LogP contribution in [0.25, 0.3) is 0 Å². The molecule has 0 N–H and O–H groups in total. The van der Waals surface area contributed by atoms with Gasteiger partial charge in [0.1, 0.15) is 0 Å². The fourth-order valence-corrected chi connectivity index (χ4v) is 2.78. The first-order valence-corrected chi connectivity index (χ1v) is 7.57. The number of aromatic nitrogens is 2. The molecule has 1 unspecified atom stereocenters. The van der Waals surface area contributed by atoms with Crippen molar-refractivity contribution in [3.8, 4) is 0 Å². The first-order chi connectivity index (χ1) is 8.54. The second kappa shape index (κ2) is 6.06. The molecule has 0 aromatic carbocycles. The minimum Gasteiger partial charge on any atom is -0.381 e. The van der Waals surface area contributed by atoms with Gasteiger partial charge in [-0.25, -0.2) is 0 Å². The SMILES string of the molecule is CC(C)(C)SCCCc1nc(C2CCOC2)no1. The number of nitrogens with zero attached hydrogens (tertiary/aromatic N) is 2.